The Kier molecular flexibility index (Phi) is 3.51. The second-order valence-electron chi connectivity index (χ2n) is 4.32. The molecule has 5 heteroatoms. The summed E-state index contributed by atoms with van der Waals surface area (Å²) >= 11 is 1.67. The Morgan fingerprint density at radius 1 is 1.33 bits per heavy atom. The van der Waals surface area contributed by atoms with E-state index in [1.807, 2.05) is 0 Å². The molecule has 0 aromatic rings. The number of aliphatic carboxylic acids is 1. The lowest BCUT2D eigenvalue weighted by molar-refractivity contribution is -0.138. The average molecular weight is 233 g/mol. The number of alkyl halides is 1. The van der Waals surface area contributed by atoms with Gasteiger partial charge in [-0.05, 0) is 31.6 Å². The lowest BCUT2D eigenvalue weighted by atomic mass is 9.88. The van der Waals surface area contributed by atoms with E-state index in [-0.39, 0.29) is 5.37 Å². The van der Waals surface area contributed by atoms with E-state index in [1.54, 1.807) is 11.8 Å². The van der Waals surface area contributed by atoms with Crippen LogP contribution in [0.2, 0.25) is 0 Å². The molecule has 1 aliphatic heterocycles. The Labute approximate surface area is 92.8 Å². The van der Waals surface area contributed by atoms with Crippen molar-refractivity contribution in [1.29, 1.82) is 0 Å². The summed E-state index contributed by atoms with van der Waals surface area (Å²) in [7, 11) is 0. The van der Waals surface area contributed by atoms with E-state index < -0.39 is 18.2 Å². The molecule has 15 heavy (non-hydrogen) atoms. The monoisotopic (exact) mass is 233 g/mol. The van der Waals surface area contributed by atoms with Gasteiger partial charge in [0.1, 0.15) is 12.2 Å². The minimum Gasteiger partial charge on any atom is -0.480 e. The SMILES string of the molecule is O=C(O)C1CSC(C2CCC(F)CC2)N1. The van der Waals surface area contributed by atoms with Crippen LogP contribution in [-0.2, 0) is 4.79 Å². The molecule has 2 unspecified atom stereocenters. The van der Waals surface area contributed by atoms with Gasteiger partial charge < -0.3 is 5.11 Å². The Hall–Kier alpha value is -0.290. The summed E-state index contributed by atoms with van der Waals surface area (Å²) in [6, 6.07) is -0.414. The maximum absolute atomic E-state index is 12.9. The zero-order valence-electron chi connectivity index (χ0n) is 8.49. The second-order valence-corrected chi connectivity index (χ2v) is 5.50. The van der Waals surface area contributed by atoms with E-state index >= 15 is 0 Å². The second kappa shape index (κ2) is 4.70. The predicted molar refractivity (Wildman–Crippen MR) is 57.7 cm³/mol. The van der Waals surface area contributed by atoms with E-state index in [2.05, 4.69) is 5.32 Å². The summed E-state index contributed by atoms with van der Waals surface area (Å²) in [6.07, 6.45) is 2.42. The fourth-order valence-electron chi connectivity index (χ4n) is 2.29. The first-order valence-electron chi connectivity index (χ1n) is 5.41. The van der Waals surface area contributed by atoms with Crippen molar-refractivity contribution < 1.29 is 14.3 Å². The van der Waals surface area contributed by atoms with Crippen LogP contribution in [0.5, 0.6) is 0 Å². The average Bonchev–Trinajstić information content (AvgIpc) is 2.68. The van der Waals surface area contributed by atoms with Crippen molar-refractivity contribution in [2.24, 2.45) is 5.92 Å². The minimum absolute atomic E-state index is 0.221. The zero-order chi connectivity index (χ0) is 10.8. The maximum Gasteiger partial charge on any atom is 0.321 e. The molecular formula is C10H16FNO2S. The zero-order valence-corrected chi connectivity index (χ0v) is 9.30. The molecule has 1 saturated carbocycles. The number of carboxylic acids is 1. The van der Waals surface area contributed by atoms with Gasteiger partial charge in [0, 0.05) is 5.75 Å². The maximum atomic E-state index is 12.9. The molecule has 3 nitrogen and oxygen atoms in total. The summed E-state index contributed by atoms with van der Waals surface area (Å²) in [5.74, 6) is 0.311. The third-order valence-corrected chi connectivity index (χ3v) is 4.64. The molecule has 86 valence electrons. The number of nitrogens with one attached hydrogen (secondary N) is 1. The Bertz CT molecular complexity index is 244. The molecule has 1 aliphatic carbocycles. The van der Waals surface area contributed by atoms with Crippen LogP contribution >= 0.6 is 11.8 Å². The summed E-state index contributed by atoms with van der Waals surface area (Å²) in [5, 5.41) is 12.2. The molecular weight excluding hydrogens is 217 g/mol. The molecule has 0 spiro atoms. The number of rotatable bonds is 2. The van der Waals surface area contributed by atoms with Crippen LogP contribution in [0.3, 0.4) is 0 Å². The summed E-state index contributed by atoms with van der Waals surface area (Å²) in [4.78, 5) is 10.7. The molecule has 1 heterocycles. The van der Waals surface area contributed by atoms with Crippen LogP contribution in [0, 0.1) is 5.92 Å². The van der Waals surface area contributed by atoms with E-state index in [0.717, 1.165) is 12.8 Å². The van der Waals surface area contributed by atoms with E-state index in [0.29, 0.717) is 24.5 Å². The van der Waals surface area contributed by atoms with Gasteiger partial charge >= 0.3 is 5.97 Å². The Morgan fingerprint density at radius 2 is 2.00 bits per heavy atom. The van der Waals surface area contributed by atoms with Crippen molar-refractivity contribution in [3.63, 3.8) is 0 Å². The fraction of sp³-hybridized carbons (Fsp3) is 0.900. The number of halogens is 1. The first-order chi connectivity index (χ1) is 7.16. The number of thioether (sulfide) groups is 1. The fourth-order valence-corrected chi connectivity index (χ4v) is 3.73. The highest BCUT2D eigenvalue weighted by Gasteiger charge is 2.35. The molecule has 0 aromatic carbocycles. The van der Waals surface area contributed by atoms with Gasteiger partial charge in [-0.15, -0.1) is 11.8 Å². The summed E-state index contributed by atoms with van der Waals surface area (Å²) < 4.78 is 12.9. The summed E-state index contributed by atoms with van der Waals surface area (Å²) in [6.45, 7) is 0. The van der Waals surface area contributed by atoms with Gasteiger partial charge in [0.25, 0.3) is 0 Å². The highest BCUT2D eigenvalue weighted by molar-refractivity contribution is 8.00. The Balaban J connectivity index is 1.83. The van der Waals surface area contributed by atoms with Crippen LogP contribution in [0.15, 0.2) is 0 Å². The smallest absolute Gasteiger partial charge is 0.321 e. The van der Waals surface area contributed by atoms with Crippen molar-refractivity contribution in [3.8, 4) is 0 Å². The van der Waals surface area contributed by atoms with Crippen molar-refractivity contribution in [2.45, 2.75) is 43.3 Å². The van der Waals surface area contributed by atoms with Crippen LogP contribution in [0.4, 0.5) is 4.39 Å². The molecule has 0 bridgehead atoms. The highest BCUT2D eigenvalue weighted by atomic mass is 32.2. The largest absolute Gasteiger partial charge is 0.480 e. The van der Waals surface area contributed by atoms with Crippen molar-refractivity contribution in [1.82, 2.24) is 5.32 Å². The molecule has 2 fully saturated rings. The van der Waals surface area contributed by atoms with E-state index in [1.165, 1.54) is 0 Å². The standard InChI is InChI=1S/C10H16FNO2S/c11-7-3-1-6(2-4-7)9-12-8(5-15-9)10(13)14/h6-9,12H,1-5H2,(H,13,14). The molecule has 0 aromatic heterocycles. The van der Waals surface area contributed by atoms with Gasteiger partial charge in [-0.25, -0.2) is 4.39 Å². The molecule has 2 N–H and O–H groups in total. The van der Waals surface area contributed by atoms with Crippen LogP contribution in [-0.4, -0.2) is 34.4 Å². The van der Waals surface area contributed by atoms with Crippen LogP contribution in [0.25, 0.3) is 0 Å². The molecule has 2 rings (SSSR count). The molecule has 0 radical (unpaired) electrons. The van der Waals surface area contributed by atoms with Gasteiger partial charge in [0.05, 0.1) is 5.37 Å². The van der Waals surface area contributed by atoms with Gasteiger partial charge in [0.2, 0.25) is 0 Å². The number of hydrogen-bond acceptors (Lipinski definition) is 3. The number of carbonyl (C=O) groups is 1. The number of carboxylic acid groups (broad SMARTS) is 1. The van der Waals surface area contributed by atoms with Gasteiger partial charge in [-0.2, -0.15) is 0 Å². The molecule has 2 atom stereocenters. The quantitative estimate of drug-likeness (QED) is 0.761. The Morgan fingerprint density at radius 3 is 2.53 bits per heavy atom. The minimum atomic E-state index is -0.774. The van der Waals surface area contributed by atoms with Crippen LogP contribution in [0.1, 0.15) is 25.7 Å². The lowest BCUT2D eigenvalue weighted by Crippen LogP contribution is -2.40. The van der Waals surface area contributed by atoms with Gasteiger partial charge in [-0.3, -0.25) is 10.1 Å². The van der Waals surface area contributed by atoms with Crippen molar-refractivity contribution in [2.75, 3.05) is 5.75 Å². The highest BCUT2D eigenvalue weighted by Crippen LogP contribution is 2.35. The van der Waals surface area contributed by atoms with Gasteiger partial charge in [0.15, 0.2) is 0 Å². The normalized spacial score (nSPS) is 41.7. The molecule has 2 aliphatic rings. The van der Waals surface area contributed by atoms with Crippen molar-refractivity contribution >= 4 is 17.7 Å². The molecule has 1 saturated heterocycles. The predicted octanol–water partition coefficient (Wildman–Crippen LogP) is 1.63. The van der Waals surface area contributed by atoms with Gasteiger partial charge in [-0.1, -0.05) is 0 Å². The first-order valence-corrected chi connectivity index (χ1v) is 6.46. The van der Waals surface area contributed by atoms with Crippen LogP contribution < -0.4 is 5.32 Å². The molecule has 0 amide bonds. The van der Waals surface area contributed by atoms with E-state index in [4.69, 9.17) is 5.11 Å². The first kappa shape index (κ1) is 11.2. The third kappa shape index (κ3) is 2.64. The third-order valence-electron chi connectivity index (χ3n) is 3.24. The number of hydrogen-bond donors (Lipinski definition) is 2. The lowest BCUT2D eigenvalue weighted by Gasteiger charge is -2.28. The summed E-state index contributed by atoms with van der Waals surface area (Å²) in [5.41, 5.74) is 0. The van der Waals surface area contributed by atoms with Crippen molar-refractivity contribution in [3.05, 3.63) is 0 Å². The topological polar surface area (TPSA) is 49.3 Å². The van der Waals surface area contributed by atoms with E-state index in [9.17, 15) is 9.18 Å².